The van der Waals surface area contributed by atoms with Crippen molar-refractivity contribution in [2.24, 2.45) is 5.92 Å². The molecule has 1 aliphatic rings. The van der Waals surface area contributed by atoms with Gasteiger partial charge in [0.1, 0.15) is 5.25 Å². The smallest absolute Gasteiger partial charge is 0.244 e. The second-order valence-electron chi connectivity index (χ2n) is 5.37. The van der Waals surface area contributed by atoms with Crippen molar-refractivity contribution >= 4 is 32.2 Å². The van der Waals surface area contributed by atoms with E-state index in [0.717, 1.165) is 37.6 Å². The van der Waals surface area contributed by atoms with Gasteiger partial charge in [-0.2, -0.15) is 0 Å². The molecule has 5 nitrogen and oxygen atoms in total. The predicted octanol–water partition coefficient (Wildman–Crippen LogP) is 2.03. The molecule has 112 valence electrons. The number of hydrogen-bond acceptors (Lipinski definition) is 5. The van der Waals surface area contributed by atoms with Gasteiger partial charge in [0.05, 0.1) is 5.69 Å². The Balaban J connectivity index is 2.09. The zero-order valence-electron chi connectivity index (χ0n) is 12.0. The molecule has 0 saturated heterocycles. The highest BCUT2D eigenvalue weighted by Gasteiger charge is 2.26. The number of thiazole rings is 1. The van der Waals surface area contributed by atoms with E-state index in [4.69, 9.17) is 0 Å². The number of rotatable bonds is 4. The summed E-state index contributed by atoms with van der Waals surface area (Å²) in [5, 5.41) is 2.10. The van der Waals surface area contributed by atoms with E-state index in [2.05, 4.69) is 17.2 Å². The lowest BCUT2D eigenvalue weighted by molar-refractivity contribution is -0.115. The van der Waals surface area contributed by atoms with Crippen molar-refractivity contribution in [2.45, 2.75) is 44.8 Å². The molecule has 0 fully saturated rings. The fourth-order valence-electron chi connectivity index (χ4n) is 2.25. The van der Waals surface area contributed by atoms with Crippen LogP contribution in [0.5, 0.6) is 0 Å². The van der Waals surface area contributed by atoms with E-state index >= 15 is 0 Å². The molecule has 0 spiro atoms. The zero-order valence-corrected chi connectivity index (χ0v) is 13.6. The monoisotopic (exact) mass is 316 g/mol. The molecule has 1 N–H and O–H groups in total. The Morgan fingerprint density at radius 2 is 2.25 bits per heavy atom. The van der Waals surface area contributed by atoms with E-state index in [-0.39, 0.29) is 0 Å². The Morgan fingerprint density at radius 3 is 2.85 bits per heavy atom. The highest BCUT2D eigenvalue weighted by atomic mass is 32.2. The SMILES string of the molecule is CC[C@@H]1CCc2nc(NC(=O)[C@@H](C)S(C)(=O)=O)sc2C1. The van der Waals surface area contributed by atoms with Gasteiger partial charge < -0.3 is 5.32 Å². The molecule has 7 heteroatoms. The molecule has 0 bridgehead atoms. The van der Waals surface area contributed by atoms with Crippen LogP contribution in [-0.2, 0) is 27.5 Å². The van der Waals surface area contributed by atoms with Gasteiger partial charge in [-0.05, 0) is 32.1 Å². The van der Waals surface area contributed by atoms with E-state index < -0.39 is 21.0 Å². The summed E-state index contributed by atoms with van der Waals surface area (Å²) in [6, 6.07) is 0. The van der Waals surface area contributed by atoms with Crippen LogP contribution in [0.15, 0.2) is 0 Å². The molecule has 1 amide bonds. The van der Waals surface area contributed by atoms with E-state index in [1.807, 2.05) is 0 Å². The van der Waals surface area contributed by atoms with E-state index in [1.165, 1.54) is 23.1 Å². The number of fused-ring (bicyclic) bond motifs is 1. The number of carbonyl (C=O) groups excluding carboxylic acids is 1. The lowest BCUT2D eigenvalue weighted by Gasteiger charge is -2.18. The minimum atomic E-state index is -3.37. The van der Waals surface area contributed by atoms with Crippen molar-refractivity contribution in [1.82, 2.24) is 4.98 Å². The number of aryl methyl sites for hydroxylation is 1. The number of nitrogens with zero attached hydrogens (tertiary/aromatic N) is 1. The Labute approximate surface area is 123 Å². The predicted molar refractivity (Wildman–Crippen MR) is 80.9 cm³/mol. The van der Waals surface area contributed by atoms with E-state index in [1.54, 1.807) is 0 Å². The summed E-state index contributed by atoms with van der Waals surface area (Å²) in [5.41, 5.74) is 1.06. The molecule has 0 unspecified atom stereocenters. The standard InChI is InChI=1S/C13H20N2O3S2/c1-4-9-5-6-10-11(7-9)19-13(14-10)15-12(16)8(2)20(3,17)18/h8-9H,4-7H2,1-3H3,(H,14,15,16)/t8-,9-/m1/s1. The van der Waals surface area contributed by atoms with Gasteiger partial charge in [-0.3, -0.25) is 4.79 Å². The molecule has 0 saturated carbocycles. The first-order valence-corrected chi connectivity index (χ1v) is 9.56. The van der Waals surface area contributed by atoms with Gasteiger partial charge >= 0.3 is 0 Å². The zero-order chi connectivity index (χ0) is 14.9. The third kappa shape index (κ3) is 3.38. The summed E-state index contributed by atoms with van der Waals surface area (Å²) in [6.45, 7) is 3.58. The van der Waals surface area contributed by atoms with Crippen molar-refractivity contribution in [3.8, 4) is 0 Å². The summed E-state index contributed by atoms with van der Waals surface area (Å²) in [6.07, 6.45) is 5.32. The van der Waals surface area contributed by atoms with Gasteiger partial charge in [-0.1, -0.05) is 13.3 Å². The molecule has 0 aromatic carbocycles. The number of amides is 1. The molecular formula is C13H20N2O3S2. The molecule has 1 aliphatic carbocycles. The molecule has 0 radical (unpaired) electrons. The molecule has 1 aromatic heterocycles. The minimum Gasteiger partial charge on any atom is -0.301 e. The Hall–Kier alpha value is -0.950. The normalized spacial score (nSPS) is 20.2. The van der Waals surface area contributed by atoms with Crippen LogP contribution in [-0.4, -0.2) is 30.8 Å². The van der Waals surface area contributed by atoms with Crippen LogP contribution >= 0.6 is 11.3 Å². The van der Waals surface area contributed by atoms with Crippen molar-refractivity contribution in [3.63, 3.8) is 0 Å². The summed E-state index contributed by atoms with van der Waals surface area (Å²) < 4.78 is 22.7. The van der Waals surface area contributed by atoms with Crippen LogP contribution in [0.1, 0.15) is 37.3 Å². The first kappa shape index (κ1) is 15.4. The maximum atomic E-state index is 11.9. The number of sulfone groups is 1. The third-order valence-corrected chi connectivity index (χ3v) is 6.39. The van der Waals surface area contributed by atoms with Crippen molar-refractivity contribution in [3.05, 3.63) is 10.6 Å². The average molecular weight is 316 g/mol. The van der Waals surface area contributed by atoms with Crippen molar-refractivity contribution in [2.75, 3.05) is 11.6 Å². The summed E-state index contributed by atoms with van der Waals surface area (Å²) in [7, 11) is -3.37. The van der Waals surface area contributed by atoms with Crippen molar-refractivity contribution in [1.29, 1.82) is 0 Å². The summed E-state index contributed by atoms with van der Waals surface area (Å²) in [5.74, 6) is 0.187. The fraction of sp³-hybridized carbons (Fsp3) is 0.692. The van der Waals surface area contributed by atoms with E-state index in [9.17, 15) is 13.2 Å². The van der Waals surface area contributed by atoms with Crippen LogP contribution in [0, 0.1) is 5.92 Å². The highest BCUT2D eigenvalue weighted by molar-refractivity contribution is 7.92. The maximum absolute atomic E-state index is 11.9. The van der Waals surface area contributed by atoms with Gasteiger partial charge in [-0.25, -0.2) is 13.4 Å². The molecule has 1 heterocycles. The third-order valence-electron chi connectivity index (χ3n) is 3.86. The first-order valence-electron chi connectivity index (χ1n) is 6.79. The van der Waals surface area contributed by atoms with Crippen LogP contribution in [0.25, 0.3) is 0 Å². The van der Waals surface area contributed by atoms with Crippen LogP contribution in [0.2, 0.25) is 0 Å². The minimum absolute atomic E-state index is 0.509. The van der Waals surface area contributed by atoms with Crippen molar-refractivity contribution < 1.29 is 13.2 Å². The average Bonchev–Trinajstić information content (AvgIpc) is 2.77. The second-order valence-corrected chi connectivity index (χ2v) is 8.82. The summed E-state index contributed by atoms with van der Waals surface area (Å²) in [4.78, 5) is 17.5. The topological polar surface area (TPSA) is 76.1 Å². The van der Waals surface area contributed by atoms with Gasteiger partial charge in [0.15, 0.2) is 15.0 Å². The molecule has 1 aromatic rings. The quantitative estimate of drug-likeness (QED) is 0.922. The maximum Gasteiger partial charge on any atom is 0.244 e. The molecule has 2 atom stereocenters. The van der Waals surface area contributed by atoms with Crippen LogP contribution in [0.4, 0.5) is 5.13 Å². The molecular weight excluding hydrogens is 296 g/mol. The van der Waals surface area contributed by atoms with Crippen LogP contribution in [0.3, 0.4) is 0 Å². The first-order chi connectivity index (χ1) is 9.31. The molecule has 20 heavy (non-hydrogen) atoms. The van der Waals surface area contributed by atoms with Crippen LogP contribution < -0.4 is 5.32 Å². The Morgan fingerprint density at radius 1 is 1.55 bits per heavy atom. The van der Waals surface area contributed by atoms with Gasteiger partial charge in [-0.15, -0.1) is 11.3 Å². The number of carbonyl (C=O) groups is 1. The van der Waals surface area contributed by atoms with Gasteiger partial charge in [0, 0.05) is 11.1 Å². The van der Waals surface area contributed by atoms with E-state index in [0.29, 0.717) is 11.0 Å². The molecule has 0 aliphatic heterocycles. The number of aromatic nitrogens is 1. The summed E-state index contributed by atoms with van der Waals surface area (Å²) >= 11 is 1.47. The van der Waals surface area contributed by atoms with Gasteiger partial charge in [0.2, 0.25) is 5.91 Å². The Bertz CT molecular complexity index is 607. The number of nitrogens with one attached hydrogen (secondary N) is 1. The largest absolute Gasteiger partial charge is 0.301 e. The molecule has 2 rings (SSSR count). The number of anilines is 1. The fourth-order valence-corrected chi connectivity index (χ4v) is 3.82. The Kier molecular flexibility index (Phi) is 4.49. The van der Waals surface area contributed by atoms with Gasteiger partial charge in [0.25, 0.3) is 0 Å². The lowest BCUT2D eigenvalue weighted by Crippen LogP contribution is -2.31. The second kappa shape index (κ2) is 5.81. The highest BCUT2D eigenvalue weighted by Crippen LogP contribution is 2.33. The lowest BCUT2D eigenvalue weighted by atomic mass is 9.89. The number of hydrogen-bond donors (Lipinski definition) is 1.